The van der Waals surface area contributed by atoms with Gasteiger partial charge in [-0.3, -0.25) is 9.48 Å². The molecule has 1 saturated heterocycles. The third kappa shape index (κ3) is 2.21. The molecule has 2 heterocycles. The van der Waals surface area contributed by atoms with Crippen molar-refractivity contribution in [2.75, 3.05) is 6.54 Å². The van der Waals surface area contributed by atoms with Crippen LogP contribution in [0.4, 0.5) is 0 Å². The Morgan fingerprint density at radius 3 is 2.82 bits per heavy atom. The van der Waals surface area contributed by atoms with E-state index in [9.17, 15) is 4.79 Å². The average Bonchev–Trinajstić information content (AvgIpc) is 3.25. The van der Waals surface area contributed by atoms with E-state index in [-0.39, 0.29) is 5.91 Å². The molecule has 1 aromatic heterocycles. The number of hydrogen-bond acceptors (Lipinski definition) is 2. The molecule has 1 aliphatic carbocycles. The Labute approximate surface area is 130 Å². The second kappa shape index (κ2) is 5.41. The second-order valence-electron chi connectivity index (χ2n) is 6.66. The van der Waals surface area contributed by atoms with Crippen LogP contribution in [-0.2, 0) is 11.2 Å². The SMILES string of the molecule is CCc1nn(C2CCCC2)c2cc(C3CNC(=O)C3)ccc12. The van der Waals surface area contributed by atoms with Crippen molar-refractivity contribution < 1.29 is 4.79 Å². The molecule has 4 rings (SSSR count). The van der Waals surface area contributed by atoms with Crippen LogP contribution in [0.5, 0.6) is 0 Å². The number of carbonyl (C=O) groups excluding carboxylic acids is 1. The van der Waals surface area contributed by atoms with Crippen LogP contribution in [0, 0.1) is 0 Å². The van der Waals surface area contributed by atoms with Crippen LogP contribution in [0.15, 0.2) is 18.2 Å². The van der Waals surface area contributed by atoms with Crippen molar-refractivity contribution in [2.45, 2.75) is 57.4 Å². The molecule has 2 fully saturated rings. The first kappa shape index (κ1) is 13.8. The van der Waals surface area contributed by atoms with Gasteiger partial charge in [-0.15, -0.1) is 0 Å². The monoisotopic (exact) mass is 297 g/mol. The molecule has 0 bridgehead atoms. The van der Waals surface area contributed by atoms with Crippen LogP contribution in [0.2, 0.25) is 0 Å². The van der Waals surface area contributed by atoms with Gasteiger partial charge in [-0.25, -0.2) is 0 Å². The summed E-state index contributed by atoms with van der Waals surface area (Å²) in [5.74, 6) is 0.484. The molecule has 116 valence electrons. The van der Waals surface area contributed by atoms with E-state index in [4.69, 9.17) is 5.10 Å². The summed E-state index contributed by atoms with van der Waals surface area (Å²) in [6.45, 7) is 2.94. The summed E-state index contributed by atoms with van der Waals surface area (Å²) in [6, 6.07) is 7.24. The van der Waals surface area contributed by atoms with Crippen molar-refractivity contribution in [3.8, 4) is 0 Å². The van der Waals surface area contributed by atoms with Crippen molar-refractivity contribution in [3.63, 3.8) is 0 Å². The van der Waals surface area contributed by atoms with Gasteiger partial charge in [0.25, 0.3) is 0 Å². The maximum absolute atomic E-state index is 11.5. The lowest BCUT2D eigenvalue weighted by Crippen LogP contribution is -2.13. The fraction of sp³-hybridized carbons (Fsp3) is 0.556. The Hall–Kier alpha value is -1.84. The Morgan fingerprint density at radius 2 is 2.14 bits per heavy atom. The molecule has 0 spiro atoms. The number of carbonyl (C=O) groups is 1. The first-order valence-electron chi connectivity index (χ1n) is 8.54. The molecule has 4 nitrogen and oxygen atoms in total. The molecule has 22 heavy (non-hydrogen) atoms. The van der Waals surface area contributed by atoms with Crippen molar-refractivity contribution in [1.82, 2.24) is 15.1 Å². The van der Waals surface area contributed by atoms with E-state index in [1.807, 2.05) is 0 Å². The van der Waals surface area contributed by atoms with Gasteiger partial charge in [0.05, 0.1) is 17.3 Å². The molecule has 0 radical (unpaired) electrons. The minimum atomic E-state index is 0.170. The fourth-order valence-electron chi connectivity index (χ4n) is 4.00. The summed E-state index contributed by atoms with van der Waals surface area (Å²) in [5, 5.41) is 9.13. The number of nitrogens with one attached hydrogen (secondary N) is 1. The zero-order chi connectivity index (χ0) is 15.1. The minimum Gasteiger partial charge on any atom is -0.355 e. The van der Waals surface area contributed by atoms with E-state index >= 15 is 0 Å². The predicted molar refractivity (Wildman–Crippen MR) is 87.0 cm³/mol. The van der Waals surface area contributed by atoms with Gasteiger partial charge in [0.2, 0.25) is 5.91 Å². The topological polar surface area (TPSA) is 46.9 Å². The normalized spacial score (nSPS) is 22.6. The highest BCUT2D eigenvalue weighted by Crippen LogP contribution is 2.34. The Kier molecular flexibility index (Phi) is 3.40. The van der Waals surface area contributed by atoms with Crippen LogP contribution < -0.4 is 5.32 Å². The van der Waals surface area contributed by atoms with Crippen LogP contribution in [0.25, 0.3) is 10.9 Å². The predicted octanol–water partition coefficient (Wildman–Crippen LogP) is 3.32. The number of benzene rings is 1. The van der Waals surface area contributed by atoms with Crippen molar-refractivity contribution in [3.05, 3.63) is 29.5 Å². The Morgan fingerprint density at radius 1 is 1.32 bits per heavy atom. The number of fused-ring (bicyclic) bond motifs is 1. The molecule has 4 heteroatoms. The van der Waals surface area contributed by atoms with Gasteiger partial charge in [0, 0.05) is 24.3 Å². The third-order valence-corrected chi connectivity index (χ3v) is 5.26. The van der Waals surface area contributed by atoms with E-state index < -0.39 is 0 Å². The lowest BCUT2D eigenvalue weighted by molar-refractivity contribution is -0.119. The maximum Gasteiger partial charge on any atom is 0.220 e. The minimum absolute atomic E-state index is 0.170. The average molecular weight is 297 g/mol. The van der Waals surface area contributed by atoms with Crippen LogP contribution in [-0.4, -0.2) is 22.2 Å². The molecule has 1 amide bonds. The summed E-state index contributed by atoms with van der Waals surface area (Å²) in [5.41, 5.74) is 3.74. The number of aryl methyl sites for hydroxylation is 1. The summed E-state index contributed by atoms with van der Waals surface area (Å²) >= 11 is 0. The number of nitrogens with zero attached hydrogens (tertiary/aromatic N) is 2. The molecule has 2 aromatic rings. The van der Waals surface area contributed by atoms with Gasteiger partial charge in [0.1, 0.15) is 0 Å². The molecule has 1 unspecified atom stereocenters. The number of aromatic nitrogens is 2. The molecular weight excluding hydrogens is 274 g/mol. The van der Waals surface area contributed by atoms with Crippen molar-refractivity contribution in [1.29, 1.82) is 0 Å². The molecule has 1 aliphatic heterocycles. The van der Waals surface area contributed by atoms with E-state index in [1.165, 1.54) is 47.8 Å². The largest absolute Gasteiger partial charge is 0.355 e. The molecule has 1 N–H and O–H groups in total. The molecular formula is C18H23N3O. The molecule has 1 saturated carbocycles. The summed E-state index contributed by atoms with van der Waals surface area (Å²) < 4.78 is 2.27. The fourth-order valence-corrected chi connectivity index (χ4v) is 4.00. The van der Waals surface area contributed by atoms with E-state index in [2.05, 4.69) is 35.1 Å². The number of amides is 1. The van der Waals surface area contributed by atoms with Gasteiger partial charge in [-0.2, -0.15) is 5.10 Å². The molecule has 2 aliphatic rings. The van der Waals surface area contributed by atoms with Crippen molar-refractivity contribution >= 4 is 16.8 Å². The molecule has 1 aromatic carbocycles. The van der Waals surface area contributed by atoms with Crippen LogP contribution in [0.1, 0.15) is 62.2 Å². The van der Waals surface area contributed by atoms with Gasteiger partial charge in [-0.05, 0) is 30.9 Å². The molecule has 1 atom stereocenters. The summed E-state index contributed by atoms with van der Waals surface area (Å²) in [6.07, 6.45) is 6.70. The zero-order valence-corrected chi connectivity index (χ0v) is 13.1. The second-order valence-corrected chi connectivity index (χ2v) is 6.66. The highest BCUT2D eigenvalue weighted by atomic mass is 16.1. The first-order valence-corrected chi connectivity index (χ1v) is 8.54. The standard InChI is InChI=1S/C18H23N3O/c1-2-16-15-8-7-12(13-10-18(22)19-11-13)9-17(15)21(20-16)14-5-3-4-6-14/h7-9,13-14H,2-6,10-11H2,1H3,(H,19,22). The Bertz CT molecular complexity index is 712. The Balaban J connectivity index is 1.79. The van der Waals surface area contributed by atoms with Gasteiger partial charge in [0.15, 0.2) is 0 Å². The van der Waals surface area contributed by atoms with Gasteiger partial charge >= 0.3 is 0 Å². The van der Waals surface area contributed by atoms with Gasteiger partial charge < -0.3 is 5.32 Å². The highest BCUT2D eigenvalue weighted by Gasteiger charge is 2.25. The summed E-state index contributed by atoms with van der Waals surface area (Å²) in [7, 11) is 0. The highest BCUT2D eigenvalue weighted by molar-refractivity contribution is 5.84. The quantitative estimate of drug-likeness (QED) is 0.944. The van der Waals surface area contributed by atoms with Crippen LogP contribution >= 0.6 is 0 Å². The van der Waals surface area contributed by atoms with Crippen molar-refractivity contribution in [2.24, 2.45) is 0 Å². The maximum atomic E-state index is 11.5. The number of hydrogen-bond donors (Lipinski definition) is 1. The lowest BCUT2D eigenvalue weighted by Gasteiger charge is -2.13. The smallest absolute Gasteiger partial charge is 0.220 e. The lowest BCUT2D eigenvalue weighted by atomic mass is 9.96. The van der Waals surface area contributed by atoms with E-state index in [1.54, 1.807) is 0 Å². The summed E-state index contributed by atoms with van der Waals surface area (Å²) in [4.78, 5) is 11.5. The van der Waals surface area contributed by atoms with Crippen LogP contribution in [0.3, 0.4) is 0 Å². The van der Waals surface area contributed by atoms with E-state index in [0.717, 1.165) is 13.0 Å². The zero-order valence-electron chi connectivity index (χ0n) is 13.1. The van der Waals surface area contributed by atoms with Gasteiger partial charge in [-0.1, -0.05) is 31.9 Å². The van der Waals surface area contributed by atoms with E-state index in [0.29, 0.717) is 18.4 Å². The first-order chi connectivity index (χ1) is 10.8. The number of rotatable bonds is 3. The third-order valence-electron chi connectivity index (χ3n) is 5.26.